The van der Waals surface area contributed by atoms with E-state index in [1.165, 1.54) is 5.06 Å². The number of hydrogen-bond acceptors (Lipinski definition) is 5. The lowest BCUT2D eigenvalue weighted by Crippen LogP contribution is -2.44. The van der Waals surface area contributed by atoms with Crippen molar-refractivity contribution in [1.82, 2.24) is 5.06 Å². The number of carbonyl (C=O) groups is 2. The van der Waals surface area contributed by atoms with E-state index in [0.717, 1.165) is 12.8 Å². The molecule has 2 aliphatic rings. The van der Waals surface area contributed by atoms with E-state index in [0.29, 0.717) is 17.2 Å². The van der Waals surface area contributed by atoms with Crippen molar-refractivity contribution >= 4 is 29.1 Å². The van der Waals surface area contributed by atoms with Crippen LogP contribution in [0.3, 0.4) is 0 Å². The van der Waals surface area contributed by atoms with Crippen molar-refractivity contribution in [3.05, 3.63) is 40.6 Å². The monoisotopic (exact) mass is 393 g/mol. The second-order valence-corrected chi connectivity index (χ2v) is 7.94. The zero-order chi connectivity index (χ0) is 19.8. The van der Waals surface area contributed by atoms with Gasteiger partial charge >= 0.3 is 5.97 Å². The number of carbonyl (C=O) groups excluding carboxylic acids is 2. The summed E-state index contributed by atoms with van der Waals surface area (Å²) in [7, 11) is 0. The molecule has 27 heavy (non-hydrogen) atoms. The summed E-state index contributed by atoms with van der Waals surface area (Å²) in [5.41, 5.74) is -0.746. The summed E-state index contributed by atoms with van der Waals surface area (Å²) in [5, 5.41) is 1.59. The first kappa shape index (κ1) is 19.9. The van der Waals surface area contributed by atoms with Crippen LogP contribution in [0.1, 0.15) is 46.1 Å². The molecule has 3 rings (SSSR count). The number of rotatable bonds is 7. The van der Waals surface area contributed by atoms with Crippen molar-refractivity contribution in [2.24, 2.45) is 5.41 Å². The molecular weight excluding hydrogens is 370 g/mol. The molecule has 0 unspecified atom stereocenters. The van der Waals surface area contributed by atoms with Crippen LogP contribution in [-0.2, 0) is 23.9 Å². The molecular formula is C20H24ClNO5. The smallest absolute Gasteiger partial charge is 0.316 e. The summed E-state index contributed by atoms with van der Waals surface area (Å²) in [5.74, 6) is -0.513. The molecule has 1 heterocycles. The minimum atomic E-state index is -0.996. The van der Waals surface area contributed by atoms with Crippen molar-refractivity contribution in [2.45, 2.75) is 46.1 Å². The molecule has 0 N–H and O–H groups in total. The van der Waals surface area contributed by atoms with E-state index in [1.807, 2.05) is 13.8 Å². The Bertz CT molecular complexity index is 797. The average Bonchev–Trinajstić information content (AvgIpc) is 3.34. The van der Waals surface area contributed by atoms with Gasteiger partial charge in [-0.05, 0) is 46.6 Å². The molecule has 7 heteroatoms. The van der Waals surface area contributed by atoms with E-state index in [-0.39, 0.29) is 24.1 Å². The zero-order valence-corrected chi connectivity index (χ0v) is 16.8. The summed E-state index contributed by atoms with van der Waals surface area (Å²) >= 11 is 6.33. The third-order valence-electron chi connectivity index (χ3n) is 4.99. The van der Waals surface area contributed by atoms with Crippen LogP contribution in [0.15, 0.2) is 30.0 Å². The quantitative estimate of drug-likeness (QED) is 0.399. The van der Waals surface area contributed by atoms with Crippen molar-refractivity contribution in [2.75, 3.05) is 13.4 Å². The Kier molecular flexibility index (Phi) is 5.34. The molecule has 0 bridgehead atoms. The van der Waals surface area contributed by atoms with Gasteiger partial charge in [-0.2, -0.15) is 0 Å². The maximum atomic E-state index is 13.2. The van der Waals surface area contributed by atoms with Crippen LogP contribution in [0.5, 0.6) is 0 Å². The first-order valence-corrected chi connectivity index (χ1v) is 9.37. The summed E-state index contributed by atoms with van der Waals surface area (Å²) in [6, 6.07) is 6.97. The zero-order valence-electron chi connectivity index (χ0n) is 16.0. The number of halogens is 1. The molecule has 0 radical (unpaired) electrons. The molecule has 1 aliphatic carbocycles. The largest absolute Gasteiger partial charge is 0.427 e. The SMILES string of the molecule is CCOCON1C(=O)C(c2ccccc2Cl)=C(OC(=O)C2(C)CC2)C1(C)C. The summed E-state index contributed by atoms with van der Waals surface area (Å²) in [6.45, 7) is 7.58. The molecule has 1 fully saturated rings. The Balaban J connectivity index is 2.03. The Morgan fingerprint density at radius 2 is 1.89 bits per heavy atom. The normalized spacial score (nSPS) is 20.2. The van der Waals surface area contributed by atoms with Gasteiger partial charge in [0.15, 0.2) is 6.79 Å². The van der Waals surface area contributed by atoms with Crippen molar-refractivity contribution in [3.8, 4) is 0 Å². The lowest BCUT2D eigenvalue weighted by molar-refractivity contribution is -0.243. The van der Waals surface area contributed by atoms with Crippen molar-refractivity contribution < 1.29 is 23.9 Å². The van der Waals surface area contributed by atoms with Crippen molar-refractivity contribution in [1.29, 1.82) is 0 Å². The fraction of sp³-hybridized carbons (Fsp3) is 0.500. The first-order chi connectivity index (χ1) is 12.7. The molecule has 1 aromatic carbocycles. The molecule has 1 amide bonds. The van der Waals surface area contributed by atoms with Gasteiger partial charge in [-0.1, -0.05) is 29.8 Å². The summed E-state index contributed by atoms with van der Waals surface area (Å²) < 4.78 is 11.0. The molecule has 0 saturated heterocycles. The number of nitrogens with zero attached hydrogens (tertiary/aromatic N) is 1. The van der Waals surface area contributed by atoms with Gasteiger partial charge < -0.3 is 9.47 Å². The number of hydroxylamine groups is 2. The van der Waals surface area contributed by atoms with Gasteiger partial charge in [0, 0.05) is 17.2 Å². The highest BCUT2D eigenvalue weighted by atomic mass is 35.5. The molecule has 1 saturated carbocycles. The van der Waals surface area contributed by atoms with Gasteiger partial charge in [0.05, 0.1) is 11.0 Å². The van der Waals surface area contributed by atoms with E-state index in [4.69, 9.17) is 25.9 Å². The lowest BCUT2D eigenvalue weighted by Gasteiger charge is -2.31. The number of amides is 1. The minimum Gasteiger partial charge on any atom is -0.427 e. The molecule has 0 atom stereocenters. The van der Waals surface area contributed by atoms with Crippen molar-refractivity contribution in [3.63, 3.8) is 0 Å². The molecule has 0 aromatic heterocycles. The van der Waals surface area contributed by atoms with Gasteiger partial charge in [-0.25, -0.2) is 9.90 Å². The van der Waals surface area contributed by atoms with Crippen LogP contribution in [0, 0.1) is 5.41 Å². The van der Waals surface area contributed by atoms with Crippen LogP contribution in [0.25, 0.3) is 5.57 Å². The Hall–Kier alpha value is -1.89. The number of ether oxygens (including phenoxy) is 2. The van der Waals surface area contributed by atoms with E-state index in [2.05, 4.69) is 0 Å². The highest BCUT2D eigenvalue weighted by Crippen LogP contribution is 2.49. The Labute approximate surface area is 164 Å². The second-order valence-electron chi connectivity index (χ2n) is 7.53. The lowest BCUT2D eigenvalue weighted by atomic mass is 9.99. The minimum absolute atomic E-state index is 0.0829. The van der Waals surface area contributed by atoms with Gasteiger partial charge in [-0.3, -0.25) is 9.59 Å². The Morgan fingerprint density at radius 1 is 1.22 bits per heavy atom. The van der Waals surface area contributed by atoms with E-state index < -0.39 is 16.9 Å². The van der Waals surface area contributed by atoms with E-state index in [9.17, 15) is 9.59 Å². The predicted molar refractivity (Wildman–Crippen MR) is 100 cm³/mol. The first-order valence-electron chi connectivity index (χ1n) is 8.99. The topological polar surface area (TPSA) is 65.1 Å². The van der Waals surface area contributed by atoms with E-state index >= 15 is 0 Å². The van der Waals surface area contributed by atoms with Crippen LogP contribution in [0.2, 0.25) is 5.02 Å². The number of esters is 1. The number of benzene rings is 1. The molecule has 0 spiro atoms. The number of hydrogen-bond donors (Lipinski definition) is 0. The summed E-state index contributed by atoms with van der Waals surface area (Å²) in [4.78, 5) is 31.3. The van der Waals surface area contributed by atoms with Gasteiger partial charge in [0.1, 0.15) is 11.3 Å². The molecule has 146 valence electrons. The molecule has 1 aliphatic heterocycles. The van der Waals surface area contributed by atoms with Crippen LogP contribution >= 0.6 is 11.6 Å². The van der Waals surface area contributed by atoms with Crippen LogP contribution in [-0.4, -0.2) is 35.9 Å². The Morgan fingerprint density at radius 3 is 2.48 bits per heavy atom. The maximum absolute atomic E-state index is 13.2. The van der Waals surface area contributed by atoms with Crippen LogP contribution in [0.4, 0.5) is 0 Å². The van der Waals surface area contributed by atoms with Gasteiger partial charge in [-0.15, -0.1) is 0 Å². The predicted octanol–water partition coefficient (Wildman–Crippen LogP) is 3.94. The third-order valence-corrected chi connectivity index (χ3v) is 5.32. The average molecular weight is 394 g/mol. The fourth-order valence-electron chi connectivity index (χ4n) is 2.93. The highest BCUT2D eigenvalue weighted by Gasteiger charge is 2.53. The maximum Gasteiger partial charge on any atom is 0.316 e. The summed E-state index contributed by atoms with van der Waals surface area (Å²) in [6.07, 6.45) is 1.55. The molecule has 6 nitrogen and oxygen atoms in total. The van der Waals surface area contributed by atoms with Gasteiger partial charge in [0.25, 0.3) is 5.91 Å². The van der Waals surface area contributed by atoms with Gasteiger partial charge in [0.2, 0.25) is 0 Å². The van der Waals surface area contributed by atoms with Crippen LogP contribution < -0.4 is 0 Å². The third kappa shape index (κ3) is 3.61. The molecule has 1 aromatic rings. The second kappa shape index (κ2) is 7.26. The standard InChI is InChI=1S/C20H24ClNO5/c1-5-25-12-26-22-17(23)15(13-8-6-7-9-14(13)21)16(19(22,2)3)27-18(24)20(4)10-11-20/h6-9H,5,10-12H2,1-4H3. The van der Waals surface area contributed by atoms with E-state index in [1.54, 1.807) is 38.1 Å². The highest BCUT2D eigenvalue weighted by molar-refractivity contribution is 6.35. The fourth-order valence-corrected chi connectivity index (χ4v) is 3.16.